The van der Waals surface area contributed by atoms with Gasteiger partial charge in [-0.3, -0.25) is 24.6 Å². The number of nitrogens with one attached hydrogen (secondary N) is 1. The predicted molar refractivity (Wildman–Crippen MR) is 75.4 cm³/mol. The lowest BCUT2D eigenvalue weighted by Crippen LogP contribution is -2.53. The first-order valence-electron chi connectivity index (χ1n) is 7.40. The molecular weight excluding hydrogens is 274 g/mol. The molecule has 2 rings (SSSR count). The number of amides is 3. The van der Waals surface area contributed by atoms with Crippen LogP contribution in [-0.4, -0.2) is 72.0 Å². The Labute approximate surface area is 124 Å². The van der Waals surface area contributed by atoms with Gasteiger partial charge in [-0.05, 0) is 20.8 Å². The highest BCUT2D eigenvalue weighted by atomic mass is 16.5. The summed E-state index contributed by atoms with van der Waals surface area (Å²) >= 11 is 0. The molecule has 2 aliphatic heterocycles. The van der Waals surface area contributed by atoms with Gasteiger partial charge in [0.05, 0.1) is 31.7 Å². The molecule has 0 aromatic heterocycles. The van der Waals surface area contributed by atoms with E-state index in [0.717, 1.165) is 0 Å². The summed E-state index contributed by atoms with van der Waals surface area (Å²) in [5, 5.41) is 3.00. The van der Waals surface area contributed by atoms with Crippen LogP contribution >= 0.6 is 0 Å². The van der Waals surface area contributed by atoms with Crippen molar-refractivity contribution in [2.45, 2.75) is 45.3 Å². The summed E-state index contributed by atoms with van der Waals surface area (Å²) in [4.78, 5) is 39.3. The normalized spacial score (nSPS) is 24.9. The minimum absolute atomic E-state index is 0.0541. The van der Waals surface area contributed by atoms with E-state index in [-0.39, 0.29) is 30.2 Å². The summed E-state index contributed by atoms with van der Waals surface area (Å²) < 4.78 is 5.21. The average molecular weight is 297 g/mol. The maximum absolute atomic E-state index is 12.3. The SMILES string of the molecule is CC(NC1CC(=O)N(C(C)C)C1=O)C(=O)N1CCOCC1. The van der Waals surface area contributed by atoms with Crippen molar-refractivity contribution in [1.29, 1.82) is 0 Å². The summed E-state index contributed by atoms with van der Waals surface area (Å²) in [5.41, 5.74) is 0. The fourth-order valence-corrected chi connectivity index (χ4v) is 2.75. The van der Waals surface area contributed by atoms with Crippen LogP contribution < -0.4 is 5.32 Å². The van der Waals surface area contributed by atoms with Gasteiger partial charge in [-0.1, -0.05) is 0 Å². The third-order valence-corrected chi connectivity index (χ3v) is 3.84. The van der Waals surface area contributed by atoms with Crippen molar-refractivity contribution in [1.82, 2.24) is 15.1 Å². The van der Waals surface area contributed by atoms with Crippen LogP contribution in [0.5, 0.6) is 0 Å². The van der Waals surface area contributed by atoms with Gasteiger partial charge >= 0.3 is 0 Å². The maximum atomic E-state index is 12.3. The Morgan fingerprint density at radius 3 is 2.38 bits per heavy atom. The molecule has 2 saturated heterocycles. The van der Waals surface area contributed by atoms with Crippen molar-refractivity contribution in [3.05, 3.63) is 0 Å². The van der Waals surface area contributed by atoms with Gasteiger partial charge < -0.3 is 9.64 Å². The number of nitrogens with zero attached hydrogens (tertiary/aromatic N) is 2. The zero-order valence-electron chi connectivity index (χ0n) is 12.8. The topological polar surface area (TPSA) is 79.0 Å². The van der Waals surface area contributed by atoms with Crippen molar-refractivity contribution in [2.24, 2.45) is 0 Å². The van der Waals surface area contributed by atoms with Crippen LogP contribution in [0, 0.1) is 0 Å². The Hall–Kier alpha value is -1.47. The van der Waals surface area contributed by atoms with E-state index in [9.17, 15) is 14.4 Å². The van der Waals surface area contributed by atoms with Crippen LogP contribution in [-0.2, 0) is 19.1 Å². The lowest BCUT2D eigenvalue weighted by atomic mass is 10.2. The Kier molecular flexibility index (Phi) is 4.95. The van der Waals surface area contributed by atoms with E-state index in [0.29, 0.717) is 26.3 Å². The molecule has 0 aromatic carbocycles. The maximum Gasteiger partial charge on any atom is 0.247 e. The molecule has 7 heteroatoms. The minimum Gasteiger partial charge on any atom is -0.378 e. The minimum atomic E-state index is -0.597. The zero-order valence-corrected chi connectivity index (χ0v) is 12.8. The number of morpholine rings is 1. The van der Waals surface area contributed by atoms with E-state index in [1.807, 2.05) is 0 Å². The van der Waals surface area contributed by atoms with Crippen molar-refractivity contribution in [3.8, 4) is 0 Å². The molecule has 118 valence electrons. The van der Waals surface area contributed by atoms with Crippen LogP contribution in [0.25, 0.3) is 0 Å². The first-order chi connectivity index (χ1) is 9.91. The molecule has 0 bridgehead atoms. The molecular formula is C14H23N3O4. The molecule has 7 nitrogen and oxygen atoms in total. The molecule has 1 N–H and O–H groups in total. The number of hydrogen-bond acceptors (Lipinski definition) is 5. The summed E-state index contributed by atoms with van der Waals surface area (Å²) in [5.74, 6) is -0.475. The monoisotopic (exact) mass is 297 g/mol. The van der Waals surface area contributed by atoms with Crippen LogP contribution in [0.4, 0.5) is 0 Å². The standard InChI is InChI=1S/C14H23N3O4/c1-9(2)17-12(18)8-11(14(17)20)15-10(3)13(19)16-4-6-21-7-5-16/h9-11,15H,4-8H2,1-3H3. The highest BCUT2D eigenvalue weighted by molar-refractivity contribution is 6.06. The molecule has 0 spiro atoms. The van der Waals surface area contributed by atoms with Gasteiger partial charge in [0.25, 0.3) is 0 Å². The fourth-order valence-electron chi connectivity index (χ4n) is 2.75. The lowest BCUT2D eigenvalue weighted by Gasteiger charge is -2.30. The number of ether oxygens (including phenoxy) is 1. The Morgan fingerprint density at radius 2 is 1.86 bits per heavy atom. The van der Waals surface area contributed by atoms with E-state index in [1.165, 1.54) is 4.90 Å². The molecule has 2 unspecified atom stereocenters. The average Bonchev–Trinajstić information content (AvgIpc) is 2.73. The molecule has 2 atom stereocenters. The number of imide groups is 1. The van der Waals surface area contributed by atoms with Crippen LogP contribution in [0.15, 0.2) is 0 Å². The highest BCUT2D eigenvalue weighted by Gasteiger charge is 2.41. The van der Waals surface area contributed by atoms with E-state index in [2.05, 4.69) is 5.32 Å². The van der Waals surface area contributed by atoms with Crippen LogP contribution in [0.1, 0.15) is 27.2 Å². The Bertz CT molecular complexity index is 432. The second kappa shape index (κ2) is 6.53. The van der Waals surface area contributed by atoms with Gasteiger partial charge in [0.2, 0.25) is 17.7 Å². The van der Waals surface area contributed by atoms with E-state index in [1.54, 1.807) is 25.7 Å². The van der Waals surface area contributed by atoms with Gasteiger partial charge in [0.1, 0.15) is 0 Å². The first kappa shape index (κ1) is 15.9. The second-order valence-electron chi connectivity index (χ2n) is 5.78. The number of likely N-dealkylation sites (tertiary alicyclic amines) is 1. The van der Waals surface area contributed by atoms with Gasteiger partial charge in [-0.2, -0.15) is 0 Å². The van der Waals surface area contributed by atoms with E-state index >= 15 is 0 Å². The van der Waals surface area contributed by atoms with Crippen molar-refractivity contribution in [3.63, 3.8) is 0 Å². The number of rotatable bonds is 4. The van der Waals surface area contributed by atoms with Gasteiger partial charge in [0, 0.05) is 19.1 Å². The number of hydrogen-bond donors (Lipinski definition) is 1. The molecule has 2 aliphatic rings. The summed E-state index contributed by atoms with van der Waals surface area (Å²) in [6.07, 6.45) is 0.123. The molecule has 0 saturated carbocycles. The molecule has 2 heterocycles. The molecule has 0 aliphatic carbocycles. The van der Waals surface area contributed by atoms with Gasteiger partial charge in [0.15, 0.2) is 0 Å². The summed E-state index contributed by atoms with van der Waals surface area (Å²) in [6.45, 7) is 7.57. The number of carbonyl (C=O) groups is 3. The number of carbonyl (C=O) groups excluding carboxylic acids is 3. The van der Waals surface area contributed by atoms with Gasteiger partial charge in [-0.15, -0.1) is 0 Å². The van der Waals surface area contributed by atoms with Crippen molar-refractivity contribution >= 4 is 17.7 Å². The smallest absolute Gasteiger partial charge is 0.247 e. The third kappa shape index (κ3) is 3.41. The van der Waals surface area contributed by atoms with Crippen molar-refractivity contribution < 1.29 is 19.1 Å². The Balaban J connectivity index is 1.93. The highest BCUT2D eigenvalue weighted by Crippen LogP contribution is 2.17. The van der Waals surface area contributed by atoms with E-state index in [4.69, 9.17) is 4.74 Å². The predicted octanol–water partition coefficient (Wildman–Crippen LogP) is -0.641. The molecule has 0 aromatic rings. The molecule has 21 heavy (non-hydrogen) atoms. The third-order valence-electron chi connectivity index (χ3n) is 3.84. The van der Waals surface area contributed by atoms with Crippen molar-refractivity contribution in [2.75, 3.05) is 26.3 Å². The van der Waals surface area contributed by atoms with Crippen LogP contribution in [0.3, 0.4) is 0 Å². The van der Waals surface area contributed by atoms with E-state index < -0.39 is 12.1 Å². The van der Waals surface area contributed by atoms with Crippen LogP contribution in [0.2, 0.25) is 0 Å². The summed E-state index contributed by atoms with van der Waals surface area (Å²) in [6, 6.07) is -1.24. The molecule has 3 amide bonds. The second-order valence-corrected chi connectivity index (χ2v) is 5.78. The first-order valence-corrected chi connectivity index (χ1v) is 7.40. The zero-order chi connectivity index (χ0) is 15.6. The Morgan fingerprint density at radius 1 is 1.24 bits per heavy atom. The summed E-state index contributed by atoms with van der Waals surface area (Å²) in [7, 11) is 0. The molecule has 0 radical (unpaired) electrons. The molecule has 2 fully saturated rings. The fraction of sp³-hybridized carbons (Fsp3) is 0.786. The largest absolute Gasteiger partial charge is 0.378 e. The lowest BCUT2D eigenvalue weighted by molar-refractivity contribution is -0.140. The van der Waals surface area contributed by atoms with Gasteiger partial charge in [-0.25, -0.2) is 0 Å². The quantitative estimate of drug-likeness (QED) is 0.698.